The van der Waals surface area contributed by atoms with Crippen LogP contribution in [0.15, 0.2) is 84.9 Å². The maximum absolute atomic E-state index is 5.87. The summed E-state index contributed by atoms with van der Waals surface area (Å²) in [4.78, 5) is 0. The van der Waals surface area contributed by atoms with Gasteiger partial charge in [0.1, 0.15) is 0 Å². The van der Waals surface area contributed by atoms with Crippen LogP contribution in [0.3, 0.4) is 0 Å². The van der Waals surface area contributed by atoms with Crippen molar-refractivity contribution in [2.45, 2.75) is 65.2 Å². The van der Waals surface area contributed by atoms with Gasteiger partial charge >= 0.3 is 0 Å². The van der Waals surface area contributed by atoms with Gasteiger partial charge in [-0.2, -0.15) is 0 Å². The highest BCUT2D eigenvalue weighted by atomic mass is 14.5. The molecule has 0 aromatic heterocycles. The standard InChI is InChI=1S/C34H40N2/c1-3-5-29-21-25(9-15-31(29)23-27-11-17-33(35)18-12-27)7-8-26-10-16-32(30(22-26)6-4-2)24-28-13-19-34(36)20-14-28/h9-22H,3-8,23-24,35-36H2,1-2H3. The molecule has 2 heteroatoms. The zero-order valence-electron chi connectivity index (χ0n) is 21.9. The molecule has 0 spiro atoms. The third kappa shape index (κ3) is 7.01. The van der Waals surface area contributed by atoms with Gasteiger partial charge in [-0.05, 0) is 107 Å². The Bertz CT molecular complexity index is 1150. The minimum absolute atomic E-state index is 0.822. The summed E-state index contributed by atoms with van der Waals surface area (Å²) in [7, 11) is 0. The highest BCUT2D eigenvalue weighted by Gasteiger charge is 2.08. The zero-order chi connectivity index (χ0) is 25.3. The first-order valence-corrected chi connectivity index (χ1v) is 13.4. The number of benzene rings is 4. The molecule has 4 aromatic rings. The minimum atomic E-state index is 0.822. The van der Waals surface area contributed by atoms with Crippen LogP contribution < -0.4 is 11.5 Å². The predicted molar refractivity (Wildman–Crippen MR) is 156 cm³/mol. The third-order valence-electron chi connectivity index (χ3n) is 7.03. The first-order valence-electron chi connectivity index (χ1n) is 13.4. The molecule has 0 aliphatic rings. The monoisotopic (exact) mass is 476 g/mol. The molecule has 0 radical (unpaired) electrons. The maximum Gasteiger partial charge on any atom is 0.0314 e. The van der Waals surface area contributed by atoms with Crippen LogP contribution in [0.25, 0.3) is 0 Å². The van der Waals surface area contributed by atoms with Gasteiger partial charge in [0.15, 0.2) is 0 Å². The molecule has 0 unspecified atom stereocenters. The Morgan fingerprint density at radius 1 is 0.417 bits per heavy atom. The van der Waals surface area contributed by atoms with Crippen molar-refractivity contribution in [2.24, 2.45) is 0 Å². The van der Waals surface area contributed by atoms with Crippen LogP contribution in [0, 0.1) is 0 Å². The van der Waals surface area contributed by atoms with Gasteiger partial charge in [0, 0.05) is 11.4 Å². The van der Waals surface area contributed by atoms with E-state index >= 15 is 0 Å². The Morgan fingerprint density at radius 3 is 1.14 bits per heavy atom. The van der Waals surface area contributed by atoms with Crippen molar-refractivity contribution in [1.82, 2.24) is 0 Å². The summed E-state index contributed by atoms with van der Waals surface area (Å²) in [6.45, 7) is 4.53. The topological polar surface area (TPSA) is 52.0 Å². The molecule has 2 nitrogen and oxygen atoms in total. The number of hydrogen-bond acceptors (Lipinski definition) is 2. The summed E-state index contributed by atoms with van der Waals surface area (Å²) < 4.78 is 0. The Kier molecular flexibility index (Phi) is 8.84. The number of hydrogen-bond donors (Lipinski definition) is 2. The van der Waals surface area contributed by atoms with Gasteiger partial charge in [-0.15, -0.1) is 0 Å². The number of rotatable bonds is 11. The van der Waals surface area contributed by atoms with Crippen LogP contribution in [0.5, 0.6) is 0 Å². The molecular formula is C34H40N2. The maximum atomic E-state index is 5.87. The van der Waals surface area contributed by atoms with Crippen LogP contribution in [-0.4, -0.2) is 0 Å². The average Bonchev–Trinajstić information content (AvgIpc) is 2.88. The minimum Gasteiger partial charge on any atom is -0.399 e. The fourth-order valence-corrected chi connectivity index (χ4v) is 5.02. The Hall–Kier alpha value is -3.52. The number of anilines is 2. The Labute approximate surface area is 217 Å². The van der Waals surface area contributed by atoms with E-state index in [1.54, 1.807) is 0 Å². The fourth-order valence-electron chi connectivity index (χ4n) is 5.02. The second kappa shape index (κ2) is 12.4. The molecule has 0 saturated heterocycles. The van der Waals surface area contributed by atoms with Crippen molar-refractivity contribution >= 4 is 11.4 Å². The predicted octanol–water partition coefficient (Wildman–Crippen LogP) is 7.72. The van der Waals surface area contributed by atoms with E-state index in [1.165, 1.54) is 44.5 Å². The van der Waals surface area contributed by atoms with E-state index in [-0.39, 0.29) is 0 Å². The van der Waals surface area contributed by atoms with Crippen molar-refractivity contribution in [2.75, 3.05) is 11.5 Å². The molecule has 0 aliphatic heterocycles. The largest absolute Gasteiger partial charge is 0.399 e. The Morgan fingerprint density at radius 2 is 0.778 bits per heavy atom. The molecule has 0 fully saturated rings. The van der Waals surface area contributed by atoms with Crippen molar-refractivity contribution in [3.63, 3.8) is 0 Å². The second-order valence-corrected chi connectivity index (χ2v) is 10.0. The molecule has 186 valence electrons. The van der Waals surface area contributed by atoms with E-state index in [0.717, 1.165) is 62.7 Å². The summed E-state index contributed by atoms with van der Waals surface area (Å²) in [6.07, 6.45) is 8.64. The molecule has 0 saturated carbocycles. The van der Waals surface area contributed by atoms with Gasteiger partial charge in [0.05, 0.1) is 0 Å². The van der Waals surface area contributed by atoms with E-state index in [4.69, 9.17) is 11.5 Å². The van der Waals surface area contributed by atoms with E-state index in [0.29, 0.717) is 0 Å². The summed E-state index contributed by atoms with van der Waals surface area (Å²) >= 11 is 0. The highest BCUT2D eigenvalue weighted by molar-refractivity contribution is 5.44. The van der Waals surface area contributed by atoms with Crippen molar-refractivity contribution in [1.29, 1.82) is 0 Å². The lowest BCUT2D eigenvalue weighted by atomic mass is 9.91. The van der Waals surface area contributed by atoms with Crippen LogP contribution in [0.2, 0.25) is 0 Å². The van der Waals surface area contributed by atoms with Crippen LogP contribution in [0.1, 0.15) is 71.2 Å². The SMILES string of the molecule is CCCc1cc(CCc2ccc(Cc3ccc(N)cc3)c(CCC)c2)ccc1Cc1ccc(N)cc1. The van der Waals surface area contributed by atoms with Crippen molar-refractivity contribution in [3.05, 3.63) is 129 Å². The molecule has 36 heavy (non-hydrogen) atoms. The molecule has 0 atom stereocenters. The van der Waals surface area contributed by atoms with Gasteiger partial charge in [-0.3, -0.25) is 0 Å². The van der Waals surface area contributed by atoms with Gasteiger partial charge in [0.2, 0.25) is 0 Å². The number of nitrogen functional groups attached to an aromatic ring is 2. The van der Waals surface area contributed by atoms with Crippen molar-refractivity contribution in [3.8, 4) is 0 Å². The summed E-state index contributed by atoms with van der Waals surface area (Å²) in [6, 6.07) is 30.8. The molecule has 4 N–H and O–H groups in total. The molecule has 4 aromatic carbocycles. The first-order chi connectivity index (χ1) is 17.5. The van der Waals surface area contributed by atoms with Gasteiger partial charge in [-0.25, -0.2) is 0 Å². The lowest BCUT2D eigenvalue weighted by molar-refractivity contribution is 0.881. The third-order valence-corrected chi connectivity index (χ3v) is 7.03. The zero-order valence-corrected chi connectivity index (χ0v) is 21.9. The van der Waals surface area contributed by atoms with Gasteiger partial charge in [0.25, 0.3) is 0 Å². The van der Waals surface area contributed by atoms with Crippen LogP contribution >= 0.6 is 0 Å². The van der Waals surface area contributed by atoms with Crippen LogP contribution in [-0.2, 0) is 38.5 Å². The van der Waals surface area contributed by atoms with E-state index < -0.39 is 0 Å². The van der Waals surface area contributed by atoms with Gasteiger partial charge < -0.3 is 11.5 Å². The second-order valence-electron chi connectivity index (χ2n) is 10.0. The summed E-state index contributed by atoms with van der Waals surface area (Å²) in [5.74, 6) is 0. The van der Waals surface area contributed by atoms with E-state index in [1.807, 2.05) is 24.3 Å². The first kappa shape index (κ1) is 25.6. The number of aryl methyl sites for hydroxylation is 4. The molecule has 0 aliphatic carbocycles. The lowest BCUT2D eigenvalue weighted by Crippen LogP contribution is -2.01. The molecule has 0 bridgehead atoms. The van der Waals surface area contributed by atoms with E-state index in [2.05, 4.69) is 74.5 Å². The van der Waals surface area contributed by atoms with Gasteiger partial charge in [-0.1, -0.05) is 87.4 Å². The van der Waals surface area contributed by atoms with Crippen molar-refractivity contribution < 1.29 is 0 Å². The normalized spacial score (nSPS) is 11.1. The molecule has 0 amide bonds. The molecule has 4 rings (SSSR count). The van der Waals surface area contributed by atoms with E-state index in [9.17, 15) is 0 Å². The summed E-state index contributed by atoms with van der Waals surface area (Å²) in [5, 5.41) is 0. The highest BCUT2D eigenvalue weighted by Crippen LogP contribution is 2.22. The smallest absolute Gasteiger partial charge is 0.0314 e. The molecule has 0 heterocycles. The summed E-state index contributed by atoms with van der Waals surface area (Å²) in [5.41, 5.74) is 24.7. The lowest BCUT2D eigenvalue weighted by Gasteiger charge is -2.14. The van der Waals surface area contributed by atoms with Crippen LogP contribution in [0.4, 0.5) is 11.4 Å². The fraction of sp³-hybridized carbons (Fsp3) is 0.294. The average molecular weight is 477 g/mol. The Balaban J connectivity index is 1.46. The molecular weight excluding hydrogens is 436 g/mol. The quantitative estimate of drug-likeness (QED) is 0.218. The number of nitrogens with two attached hydrogens (primary N) is 2.